The number of nitrogens with one attached hydrogen (secondary N) is 1. The standard InChI is InChI=1S/C17H17F3N2O4S/c1-16(2)11(15(25)26)22-13(24)10(14(22)27-16)21-12(23)9(17(18,19)20)8-6-4-3-5-7-8/h3-7,9-11,14H,1-2H3,(H,21,23)(H,25,26). The number of carboxylic acid groups (broad SMARTS) is 1. The first-order valence-electron chi connectivity index (χ1n) is 8.10. The largest absolute Gasteiger partial charge is 0.480 e. The van der Waals surface area contributed by atoms with Crippen LogP contribution in [0.15, 0.2) is 30.3 Å². The smallest absolute Gasteiger partial charge is 0.404 e. The van der Waals surface area contributed by atoms with Gasteiger partial charge in [0.15, 0.2) is 5.92 Å². The molecule has 0 bridgehead atoms. The van der Waals surface area contributed by atoms with E-state index in [-0.39, 0.29) is 5.56 Å². The SMILES string of the molecule is CC1(C)SC2C(NC(=O)C(c3ccccc3)C(F)(F)F)C(=O)N2C1C(=O)O. The minimum absolute atomic E-state index is 0.228. The molecule has 2 N–H and O–H groups in total. The Bertz CT molecular complexity index is 784. The van der Waals surface area contributed by atoms with E-state index >= 15 is 0 Å². The Balaban J connectivity index is 1.81. The van der Waals surface area contributed by atoms with E-state index in [1.165, 1.54) is 30.3 Å². The number of benzene rings is 1. The molecule has 2 amide bonds. The number of carbonyl (C=O) groups is 3. The van der Waals surface area contributed by atoms with Crippen LogP contribution in [0.5, 0.6) is 0 Å². The summed E-state index contributed by atoms with van der Waals surface area (Å²) in [7, 11) is 0. The van der Waals surface area contributed by atoms with Gasteiger partial charge in [-0.05, 0) is 19.4 Å². The third kappa shape index (κ3) is 3.26. The zero-order chi connectivity index (χ0) is 20.1. The second-order valence-corrected chi connectivity index (χ2v) is 8.74. The van der Waals surface area contributed by atoms with E-state index in [1.54, 1.807) is 13.8 Å². The third-order valence-corrected chi connectivity index (χ3v) is 6.27. The van der Waals surface area contributed by atoms with Crippen molar-refractivity contribution in [2.45, 2.75) is 48.1 Å². The lowest BCUT2D eigenvalue weighted by molar-refractivity contribution is -0.170. The van der Waals surface area contributed by atoms with Gasteiger partial charge in [-0.15, -0.1) is 11.8 Å². The summed E-state index contributed by atoms with van der Waals surface area (Å²) in [5, 5.41) is 10.8. The molecule has 4 atom stereocenters. The molecule has 6 nitrogen and oxygen atoms in total. The fourth-order valence-corrected chi connectivity index (χ4v) is 5.14. The lowest BCUT2D eigenvalue weighted by Gasteiger charge is -2.44. The van der Waals surface area contributed by atoms with Crippen LogP contribution in [0.3, 0.4) is 0 Å². The van der Waals surface area contributed by atoms with Crippen molar-refractivity contribution in [3.05, 3.63) is 35.9 Å². The van der Waals surface area contributed by atoms with Gasteiger partial charge in [0.05, 0.1) is 0 Å². The molecule has 2 aliphatic heterocycles. The fourth-order valence-electron chi connectivity index (χ4n) is 3.52. The average molecular weight is 402 g/mol. The van der Waals surface area contributed by atoms with Crippen LogP contribution >= 0.6 is 11.8 Å². The van der Waals surface area contributed by atoms with Crippen molar-refractivity contribution in [2.24, 2.45) is 0 Å². The zero-order valence-electron chi connectivity index (χ0n) is 14.4. The molecule has 0 aromatic heterocycles. The number of carboxylic acids is 1. The predicted octanol–water partition coefficient (Wildman–Crippen LogP) is 1.96. The Hall–Kier alpha value is -2.23. The van der Waals surface area contributed by atoms with Crippen LogP contribution in [0.2, 0.25) is 0 Å². The van der Waals surface area contributed by atoms with Crippen LogP contribution < -0.4 is 5.32 Å². The van der Waals surface area contributed by atoms with E-state index < -0.39 is 52.1 Å². The highest BCUT2D eigenvalue weighted by molar-refractivity contribution is 8.01. The molecule has 0 radical (unpaired) electrons. The number of fused-ring (bicyclic) bond motifs is 1. The summed E-state index contributed by atoms with van der Waals surface area (Å²) < 4.78 is 39.5. The van der Waals surface area contributed by atoms with E-state index in [2.05, 4.69) is 5.32 Å². The monoisotopic (exact) mass is 402 g/mol. The summed E-state index contributed by atoms with van der Waals surface area (Å²) in [6.45, 7) is 3.28. The van der Waals surface area contributed by atoms with Crippen LogP contribution in [0, 0.1) is 0 Å². The zero-order valence-corrected chi connectivity index (χ0v) is 15.2. The quantitative estimate of drug-likeness (QED) is 0.752. The lowest BCUT2D eigenvalue weighted by Crippen LogP contribution is -2.71. The molecule has 4 unspecified atom stereocenters. The number of rotatable bonds is 4. The molecule has 2 aliphatic rings. The van der Waals surface area contributed by atoms with Crippen molar-refractivity contribution in [3.63, 3.8) is 0 Å². The van der Waals surface area contributed by atoms with Gasteiger partial charge in [0.1, 0.15) is 17.5 Å². The number of hydrogen-bond acceptors (Lipinski definition) is 4. The average Bonchev–Trinajstić information content (AvgIpc) is 2.81. The van der Waals surface area contributed by atoms with Gasteiger partial charge in [-0.25, -0.2) is 4.79 Å². The summed E-state index contributed by atoms with van der Waals surface area (Å²) in [6.07, 6.45) is -4.83. The topological polar surface area (TPSA) is 86.7 Å². The van der Waals surface area contributed by atoms with Crippen molar-refractivity contribution in [1.82, 2.24) is 10.2 Å². The highest BCUT2D eigenvalue weighted by atomic mass is 32.2. The number of β-lactam (4-membered cyclic amide) rings is 1. The van der Waals surface area contributed by atoms with Gasteiger partial charge in [0, 0.05) is 4.75 Å². The number of thioether (sulfide) groups is 1. The second-order valence-electron chi connectivity index (χ2n) is 6.97. The van der Waals surface area contributed by atoms with Gasteiger partial charge >= 0.3 is 12.1 Å². The highest BCUT2D eigenvalue weighted by Gasteiger charge is 2.64. The molecule has 0 spiro atoms. The highest BCUT2D eigenvalue weighted by Crippen LogP contribution is 2.51. The van der Waals surface area contributed by atoms with Gasteiger partial charge in [0.2, 0.25) is 11.8 Å². The van der Waals surface area contributed by atoms with Crippen LogP contribution in [-0.4, -0.2) is 56.2 Å². The summed E-state index contributed by atoms with van der Waals surface area (Å²) in [4.78, 5) is 37.3. The summed E-state index contributed by atoms with van der Waals surface area (Å²) >= 11 is 1.15. The molecule has 2 fully saturated rings. The van der Waals surface area contributed by atoms with E-state index in [1.807, 2.05) is 0 Å². The number of nitrogens with zero attached hydrogens (tertiary/aromatic N) is 1. The van der Waals surface area contributed by atoms with Gasteiger partial charge in [-0.1, -0.05) is 30.3 Å². The molecule has 2 heterocycles. The fraction of sp³-hybridized carbons (Fsp3) is 0.471. The van der Waals surface area contributed by atoms with Crippen molar-refractivity contribution in [2.75, 3.05) is 0 Å². The van der Waals surface area contributed by atoms with E-state index in [9.17, 15) is 32.7 Å². The maximum absolute atomic E-state index is 13.4. The number of amides is 2. The number of hydrogen-bond donors (Lipinski definition) is 2. The Morgan fingerprint density at radius 1 is 1.26 bits per heavy atom. The molecule has 146 valence electrons. The molecule has 0 aliphatic carbocycles. The molecular formula is C17H17F3N2O4S. The number of carbonyl (C=O) groups excluding carboxylic acids is 2. The predicted molar refractivity (Wildman–Crippen MR) is 90.9 cm³/mol. The molecule has 0 saturated carbocycles. The summed E-state index contributed by atoms with van der Waals surface area (Å²) in [5.41, 5.74) is -0.228. The summed E-state index contributed by atoms with van der Waals surface area (Å²) in [5.74, 6) is -5.61. The summed E-state index contributed by atoms with van der Waals surface area (Å²) in [6, 6.07) is 4.43. The van der Waals surface area contributed by atoms with E-state index in [4.69, 9.17) is 0 Å². The molecule has 1 aromatic rings. The first-order chi connectivity index (χ1) is 12.4. The number of alkyl halides is 3. The van der Waals surface area contributed by atoms with E-state index in [0.29, 0.717) is 0 Å². The van der Waals surface area contributed by atoms with Crippen molar-refractivity contribution in [1.29, 1.82) is 0 Å². The Kier molecular flexibility index (Phi) is 4.65. The van der Waals surface area contributed by atoms with Gasteiger partial charge in [0.25, 0.3) is 0 Å². The minimum Gasteiger partial charge on any atom is -0.480 e. The maximum Gasteiger partial charge on any atom is 0.404 e. The van der Waals surface area contributed by atoms with Crippen LogP contribution in [-0.2, 0) is 14.4 Å². The first-order valence-corrected chi connectivity index (χ1v) is 8.98. The molecule has 27 heavy (non-hydrogen) atoms. The van der Waals surface area contributed by atoms with Crippen molar-refractivity contribution < 1.29 is 32.7 Å². The molecule has 10 heteroatoms. The number of halogens is 3. The molecular weight excluding hydrogens is 385 g/mol. The van der Waals surface area contributed by atoms with Gasteiger partial charge in [-0.3, -0.25) is 9.59 Å². The van der Waals surface area contributed by atoms with Crippen LogP contribution in [0.25, 0.3) is 0 Å². The minimum atomic E-state index is -4.83. The lowest BCUT2D eigenvalue weighted by atomic mass is 9.94. The Morgan fingerprint density at radius 3 is 2.37 bits per heavy atom. The maximum atomic E-state index is 13.4. The normalized spacial score (nSPS) is 27.5. The molecule has 1 aromatic carbocycles. The molecule has 2 saturated heterocycles. The van der Waals surface area contributed by atoms with Gasteiger partial charge < -0.3 is 15.3 Å². The number of aliphatic carboxylic acids is 1. The third-order valence-electron chi connectivity index (χ3n) is 4.70. The van der Waals surface area contributed by atoms with E-state index in [0.717, 1.165) is 16.7 Å². The van der Waals surface area contributed by atoms with Crippen molar-refractivity contribution in [3.8, 4) is 0 Å². The van der Waals surface area contributed by atoms with Crippen LogP contribution in [0.4, 0.5) is 13.2 Å². The Labute approximate surface area is 157 Å². The van der Waals surface area contributed by atoms with Crippen molar-refractivity contribution >= 4 is 29.5 Å². The first kappa shape index (κ1) is 19.5. The Morgan fingerprint density at radius 2 is 1.85 bits per heavy atom. The van der Waals surface area contributed by atoms with Crippen LogP contribution in [0.1, 0.15) is 25.3 Å². The van der Waals surface area contributed by atoms with Gasteiger partial charge in [-0.2, -0.15) is 13.2 Å². The molecule has 3 rings (SSSR count). The second kappa shape index (κ2) is 6.43.